The summed E-state index contributed by atoms with van der Waals surface area (Å²) >= 11 is 0. The monoisotopic (exact) mass is 291 g/mol. The first-order chi connectivity index (χ1) is 9.86. The van der Waals surface area contributed by atoms with Gasteiger partial charge in [-0.1, -0.05) is 6.07 Å². The van der Waals surface area contributed by atoms with Crippen LogP contribution >= 0.6 is 0 Å². The summed E-state index contributed by atoms with van der Waals surface area (Å²) in [7, 11) is 0. The van der Waals surface area contributed by atoms with Crippen molar-refractivity contribution in [2.45, 2.75) is 46.6 Å². The van der Waals surface area contributed by atoms with E-state index in [1.165, 1.54) is 11.1 Å². The number of aryl methyl sites for hydroxylation is 2. The lowest BCUT2D eigenvalue weighted by Gasteiger charge is -2.08. The average molecular weight is 291 g/mol. The quantitative estimate of drug-likeness (QED) is 0.366. The fourth-order valence-electron chi connectivity index (χ4n) is 1.98. The topological polar surface area (TPSA) is 76.7 Å². The van der Waals surface area contributed by atoms with Gasteiger partial charge in [0, 0.05) is 18.7 Å². The summed E-state index contributed by atoms with van der Waals surface area (Å²) in [6.45, 7) is 8.23. The zero-order valence-corrected chi connectivity index (χ0v) is 13.3. The summed E-state index contributed by atoms with van der Waals surface area (Å²) in [6, 6.07) is 6.11. The third kappa shape index (κ3) is 7.34. The number of rotatable bonds is 6. The van der Waals surface area contributed by atoms with E-state index in [-0.39, 0.29) is 12.1 Å². The molecule has 0 saturated carbocycles. The average Bonchev–Trinajstić information content (AvgIpc) is 2.32. The summed E-state index contributed by atoms with van der Waals surface area (Å²) in [5, 5.41) is 3.06. The molecular weight excluding hydrogens is 266 g/mol. The van der Waals surface area contributed by atoms with Gasteiger partial charge in [-0.3, -0.25) is 9.79 Å². The number of guanidine groups is 1. The molecule has 1 aromatic rings. The number of nitrogens with one attached hydrogen (secondary N) is 1. The van der Waals surface area contributed by atoms with E-state index in [2.05, 4.69) is 16.4 Å². The van der Waals surface area contributed by atoms with Crippen molar-refractivity contribution in [2.75, 3.05) is 11.9 Å². The molecule has 0 fully saturated rings. The van der Waals surface area contributed by atoms with Gasteiger partial charge in [-0.25, -0.2) is 0 Å². The first-order valence-electron chi connectivity index (χ1n) is 7.21. The summed E-state index contributed by atoms with van der Waals surface area (Å²) in [5.74, 6) is 0.165. The molecule has 1 aromatic carbocycles. The van der Waals surface area contributed by atoms with Crippen LogP contribution in [0.2, 0.25) is 0 Å². The van der Waals surface area contributed by atoms with Crippen molar-refractivity contribution < 1.29 is 9.53 Å². The number of aliphatic imine (C=N–C) groups is 1. The Labute approximate surface area is 126 Å². The Hall–Kier alpha value is -2.04. The van der Waals surface area contributed by atoms with E-state index >= 15 is 0 Å². The molecule has 0 aromatic heterocycles. The number of hydrogen-bond donors (Lipinski definition) is 2. The molecule has 0 spiro atoms. The molecule has 0 saturated heterocycles. The number of hydrogen-bond acceptors (Lipinski definition) is 3. The Kier molecular flexibility index (Phi) is 6.72. The van der Waals surface area contributed by atoms with E-state index in [1.54, 1.807) is 0 Å². The number of esters is 1. The molecular formula is C16H25N3O2. The minimum absolute atomic E-state index is 0.0719. The molecule has 0 atom stereocenters. The van der Waals surface area contributed by atoms with Crippen molar-refractivity contribution in [2.24, 2.45) is 10.7 Å². The van der Waals surface area contributed by atoms with Gasteiger partial charge < -0.3 is 15.8 Å². The van der Waals surface area contributed by atoms with E-state index in [1.807, 2.05) is 39.8 Å². The standard InChI is InChI=1S/C16H25N3O2/c1-11(2)21-15(20)6-5-7-18-16(17)19-14-9-12(3)8-13(4)10-14/h8-11H,5-7H2,1-4H3,(H3,17,18,19). The van der Waals surface area contributed by atoms with Crippen LogP contribution in [0.4, 0.5) is 5.69 Å². The van der Waals surface area contributed by atoms with Crippen molar-refractivity contribution in [1.29, 1.82) is 0 Å². The highest BCUT2D eigenvalue weighted by atomic mass is 16.5. The number of carbonyl (C=O) groups is 1. The molecule has 21 heavy (non-hydrogen) atoms. The lowest BCUT2D eigenvalue weighted by molar-refractivity contribution is -0.147. The predicted octanol–water partition coefficient (Wildman–Crippen LogP) is 2.76. The van der Waals surface area contributed by atoms with E-state index in [0.29, 0.717) is 25.3 Å². The molecule has 3 N–H and O–H groups in total. The molecule has 0 aliphatic rings. The Morgan fingerprint density at radius 2 is 1.90 bits per heavy atom. The van der Waals surface area contributed by atoms with Gasteiger partial charge in [-0.05, 0) is 57.4 Å². The van der Waals surface area contributed by atoms with Crippen LogP contribution in [-0.4, -0.2) is 24.6 Å². The molecule has 5 nitrogen and oxygen atoms in total. The molecule has 0 radical (unpaired) electrons. The molecule has 0 unspecified atom stereocenters. The van der Waals surface area contributed by atoms with Gasteiger partial charge >= 0.3 is 5.97 Å². The van der Waals surface area contributed by atoms with Crippen LogP contribution in [0, 0.1) is 13.8 Å². The number of nitrogens with zero attached hydrogens (tertiary/aromatic N) is 1. The van der Waals surface area contributed by atoms with E-state index in [9.17, 15) is 4.79 Å². The van der Waals surface area contributed by atoms with Crippen molar-refractivity contribution in [3.05, 3.63) is 29.3 Å². The van der Waals surface area contributed by atoms with Crippen LogP contribution in [0.3, 0.4) is 0 Å². The van der Waals surface area contributed by atoms with Crippen LogP contribution < -0.4 is 11.1 Å². The van der Waals surface area contributed by atoms with Gasteiger partial charge in [0.25, 0.3) is 0 Å². The maximum atomic E-state index is 11.3. The van der Waals surface area contributed by atoms with Crippen LogP contribution in [0.5, 0.6) is 0 Å². The number of carbonyl (C=O) groups excluding carboxylic acids is 1. The predicted molar refractivity (Wildman–Crippen MR) is 86.5 cm³/mol. The van der Waals surface area contributed by atoms with Crippen LogP contribution in [0.15, 0.2) is 23.2 Å². The zero-order valence-electron chi connectivity index (χ0n) is 13.3. The fourth-order valence-corrected chi connectivity index (χ4v) is 1.98. The minimum atomic E-state index is -0.193. The van der Waals surface area contributed by atoms with Gasteiger partial charge in [0.2, 0.25) is 0 Å². The maximum Gasteiger partial charge on any atom is 0.306 e. The number of nitrogens with two attached hydrogens (primary N) is 1. The Balaban J connectivity index is 2.38. The number of anilines is 1. The van der Waals surface area contributed by atoms with Crippen LogP contribution in [0.1, 0.15) is 37.8 Å². The maximum absolute atomic E-state index is 11.3. The molecule has 0 bridgehead atoms. The molecule has 116 valence electrons. The highest BCUT2D eigenvalue weighted by Gasteiger charge is 2.04. The second-order valence-electron chi connectivity index (χ2n) is 5.41. The lowest BCUT2D eigenvalue weighted by atomic mass is 10.1. The largest absolute Gasteiger partial charge is 0.463 e. The van der Waals surface area contributed by atoms with Gasteiger partial charge in [0.15, 0.2) is 5.96 Å². The number of ether oxygens (including phenoxy) is 1. The van der Waals surface area contributed by atoms with E-state index < -0.39 is 0 Å². The second kappa shape index (κ2) is 8.29. The van der Waals surface area contributed by atoms with Gasteiger partial charge in [-0.2, -0.15) is 0 Å². The summed E-state index contributed by atoms with van der Waals surface area (Å²) in [4.78, 5) is 15.6. The first kappa shape index (κ1) is 17.0. The normalized spacial score (nSPS) is 11.6. The Bertz CT molecular complexity index is 490. The van der Waals surface area contributed by atoms with Gasteiger partial charge in [-0.15, -0.1) is 0 Å². The minimum Gasteiger partial charge on any atom is -0.463 e. The van der Waals surface area contributed by atoms with Crippen molar-refractivity contribution in [1.82, 2.24) is 0 Å². The summed E-state index contributed by atoms with van der Waals surface area (Å²) in [6.07, 6.45) is 0.913. The number of benzene rings is 1. The SMILES string of the molecule is Cc1cc(C)cc(NC(N)=NCCCC(=O)OC(C)C)c1. The molecule has 1 rings (SSSR count). The lowest BCUT2D eigenvalue weighted by Crippen LogP contribution is -2.23. The summed E-state index contributed by atoms with van der Waals surface area (Å²) < 4.78 is 5.04. The zero-order chi connectivity index (χ0) is 15.8. The molecule has 0 amide bonds. The van der Waals surface area contributed by atoms with Crippen LogP contribution in [-0.2, 0) is 9.53 Å². The molecule has 0 aliphatic heterocycles. The highest BCUT2D eigenvalue weighted by Crippen LogP contribution is 2.13. The fraction of sp³-hybridized carbons (Fsp3) is 0.500. The molecule has 0 aliphatic carbocycles. The van der Waals surface area contributed by atoms with E-state index in [4.69, 9.17) is 10.5 Å². The first-order valence-corrected chi connectivity index (χ1v) is 7.21. The van der Waals surface area contributed by atoms with Crippen molar-refractivity contribution in [3.63, 3.8) is 0 Å². The molecule has 5 heteroatoms. The second-order valence-corrected chi connectivity index (χ2v) is 5.41. The third-order valence-electron chi connectivity index (χ3n) is 2.68. The third-order valence-corrected chi connectivity index (χ3v) is 2.68. The van der Waals surface area contributed by atoms with Crippen molar-refractivity contribution in [3.8, 4) is 0 Å². The summed E-state index contributed by atoms with van der Waals surface area (Å²) in [5.41, 5.74) is 9.09. The van der Waals surface area contributed by atoms with Crippen LogP contribution in [0.25, 0.3) is 0 Å². The van der Waals surface area contributed by atoms with Gasteiger partial charge in [0.05, 0.1) is 6.10 Å². The van der Waals surface area contributed by atoms with Crippen molar-refractivity contribution >= 4 is 17.6 Å². The Morgan fingerprint density at radius 3 is 2.48 bits per heavy atom. The Morgan fingerprint density at radius 1 is 1.29 bits per heavy atom. The highest BCUT2D eigenvalue weighted by molar-refractivity contribution is 5.92. The molecule has 0 heterocycles. The smallest absolute Gasteiger partial charge is 0.306 e. The van der Waals surface area contributed by atoms with E-state index in [0.717, 1.165) is 5.69 Å². The van der Waals surface area contributed by atoms with Gasteiger partial charge in [0.1, 0.15) is 0 Å².